The lowest BCUT2D eigenvalue weighted by Crippen LogP contribution is -2.32. The van der Waals surface area contributed by atoms with Crippen molar-refractivity contribution in [1.82, 2.24) is 59.3 Å². The number of carbonyl (C=O) groups is 7. The van der Waals surface area contributed by atoms with Crippen LogP contribution in [-0.2, 0) is 33.4 Å². The number of aliphatic hydroxyl groups excluding tert-OH is 1. The Balaban J connectivity index is 0. The van der Waals surface area contributed by atoms with Gasteiger partial charge in [0.2, 0.25) is 17.8 Å². The molecule has 0 saturated carbocycles. The number of anilines is 4. The summed E-state index contributed by atoms with van der Waals surface area (Å²) in [7, 11) is 0. The summed E-state index contributed by atoms with van der Waals surface area (Å²) in [6.45, 7) is 28.2. The predicted molar refractivity (Wildman–Crippen MR) is 329 cm³/mol. The molecule has 0 unspecified atom stereocenters. The number of carbonyl (C=O) groups excluding carboxylic acids is 6. The summed E-state index contributed by atoms with van der Waals surface area (Å²) in [5.74, 6) is -1.50. The Hall–Kier alpha value is -11.3. The number of amides is 4. The number of ether oxygens (including phenoxy) is 3. The SMILES string of the molecule is C=C(C)C(=O)O.C=C(C)C(=O)OCCN.C=C(C)C(=O)OCCN.C=C(C)C(=O)OCCNC(=O)Nc1cc(=O)cc(C)[nH]1.Cc1cc(=O)[nH]c(N)n1.Cc1cc(=O)[nH]c(NC(=O)n2ccnc2)n1.Cc1cc(=O)[nH]c(NC(=O)n2ccnc2)n1.NCCO. The monoisotopic (exact) mass is 1250 g/mol. The molecule has 4 amide bonds. The molecule has 0 saturated heterocycles. The van der Waals surface area contributed by atoms with E-state index in [1.165, 1.54) is 90.8 Å². The number of aromatic nitrogens is 11. The lowest BCUT2D eigenvalue weighted by molar-refractivity contribution is -0.139. The largest absolute Gasteiger partial charge is 0.478 e. The third-order valence-electron chi connectivity index (χ3n) is 8.64. The Morgan fingerprint density at radius 3 is 1.25 bits per heavy atom. The van der Waals surface area contributed by atoms with Crippen LogP contribution in [0.5, 0.6) is 0 Å². The number of imidazole rings is 2. The molecule has 6 aromatic rings. The number of aromatic amines is 4. The number of hydrogen-bond donors (Lipinski definition) is 14. The van der Waals surface area contributed by atoms with E-state index in [-0.39, 0.29) is 90.4 Å². The number of pyridine rings is 1. The number of carboxylic acids is 1. The minimum atomic E-state index is -0.935. The zero-order valence-electron chi connectivity index (χ0n) is 50.4. The van der Waals surface area contributed by atoms with Crippen molar-refractivity contribution < 1.29 is 58.0 Å². The normalized spacial score (nSPS) is 9.35. The number of nitrogens with zero attached hydrogens (tertiary/aromatic N) is 7. The zero-order chi connectivity index (χ0) is 68.2. The molecule has 0 spiro atoms. The number of aliphatic carboxylic acids is 1. The summed E-state index contributed by atoms with van der Waals surface area (Å²) in [5, 5.41) is 25.5. The number of rotatable bonds is 15. The fraction of sp³-hybridized carbons (Fsp3) is 0.296. The first kappa shape index (κ1) is 79.8. The van der Waals surface area contributed by atoms with Crippen LogP contribution in [0.4, 0.5) is 38.0 Å². The molecule has 0 bridgehead atoms. The first-order valence-corrected chi connectivity index (χ1v) is 25.7. The van der Waals surface area contributed by atoms with Crippen molar-refractivity contribution in [2.24, 2.45) is 17.2 Å². The van der Waals surface area contributed by atoms with E-state index in [1.807, 2.05) is 0 Å². The van der Waals surface area contributed by atoms with Crippen molar-refractivity contribution in [3.63, 3.8) is 0 Å². The summed E-state index contributed by atoms with van der Waals surface area (Å²) in [5.41, 5.74) is 22.7. The second-order valence-electron chi connectivity index (χ2n) is 17.3. The Labute approximate surface area is 508 Å². The number of H-pyrrole nitrogens is 4. The van der Waals surface area contributed by atoms with Crippen LogP contribution < -0.4 is 66.3 Å². The maximum absolute atomic E-state index is 11.5. The quantitative estimate of drug-likeness (QED) is 0.0295. The van der Waals surface area contributed by atoms with E-state index in [1.54, 1.807) is 41.5 Å². The highest BCUT2D eigenvalue weighted by atomic mass is 16.5. The fourth-order valence-corrected chi connectivity index (χ4v) is 4.87. The molecule has 6 aromatic heterocycles. The summed E-state index contributed by atoms with van der Waals surface area (Å²) >= 11 is 0. The number of urea groups is 1. The molecule has 0 aliphatic carbocycles. The van der Waals surface area contributed by atoms with E-state index in [9.17, 15) is 52.7 Å². The number of nitrogens with two attached hydrogens (primary N) is 4. The van der Waals surface area contributed by atoms with Gasteiger partial charge in [0.15, 0.2) is 5.43 Å². The molecule has 484 valence electrons. The number of hydrogen-bond acceptors (Lipinski definition) is 24. The van der Waals surface area contributed by atoms with Gasteiger partial charge in [-0.2, -0.15) is 0 Å². The minimum absolute atomic E-state index is 0.0451. The fourth-order valence-electron chi connectivity index (χ4n) is 4.87. The average Bonchev–Trinajstić information content (AvgIpc) is 4.07. The number of nitrogens with one attached hydrogen (secondary N) is 8. The van der Waals surface area contributed by atoms with E-state index < -0.39 is 30.0 Å². The van der Waals surface area contributed by atoms with E-state index in [2.05, 4.69) is 102 Å². The van der Waals surface area contributed by atoms with Gasteiger partial charge in [0.05, 0.1) is 13.2 Å². The first-order valence-electron chi connectivity index (χ1n) is 25.7. The summed E-state index contributed by atoms with van der Waals surface area (Å²) in [6, 6.07) is 5.37. The highest BCUT2D eigenvalue weighted by Gasteiger charge is 2.09. The standard InChI is InChI=1S/C13H17N3O4.2C9H9N5O2.2C6H11NO2.C5H7N3O.C4H6O2.C2H7NO/c1-8(2)12(18)20-5-4-14-13(19)16-11-7-10(17)6-9(3)15-11;2*1-6-4-7(15)12-8(11-6)13-9(16)14-3-2-10-5-14;2*1-5(2)6(8)9-4-3-7;1-3-2-4(9)8-5(6)7-3;1-3(2)4(5)6;3-1-2-4/h6-7H,1,4-5H2,2-3H3,(H3,14,15,16,17,19);2*2-5H,1H3,(H2,11,12,13,15,16);2*1,3-4,7H2,2H3;2H,1H3,(H3,6,7,8,9);1H2,2H3,(H,5,6);4H,1-3H2. The first-order chi connectivity index (χ1) is 41.8. The second-order valence-corrected chi connectivity index (χ2v) is 17.3. The van der Waals surface area contributed by atoms with Gasteiger partial charge >= 0.3 is 42.0 Å². The number of aryl methyl sites for hydroxylation is 4. The molecule has 35 heteroatoms. The molecular weight excluding hydrogens is 1170 g/mol. The van der Waals surface area contributed by atoms with Gasteiger partial charge in [-0.15, -0.1) is 0 Å². The zero-order valence-corrected chi connectivity index (χ0v) is 50.4. The van der Waals surface area contributed by atoms with Gasteiger partial charge in [0.1, 0.15) is 38.3 Å². The molecule has 0 radical (unpaired) electrons. The van der Waals surface area contributed by atoms with Gasteiger partial charge in [-0.05, 0) is 55.4 Å². The molecule has 89 heavy (non-hydrogen) atoms. The predicted octanol–water partition coefficient (Wildman–Crippen LogP) is 1.01. The molecule has 6 rings (SSSR count). The van der Waals surface area contributed by atoms with Gasteiger partial charge in [0.25, 0.3) is 16.7 Å². The number of nitrogen functional groups attached to an aromatic ring is 1. The lowest BCUT2D eigenvalue weighted by atomic mass is 10.3. The molecule has 35 nitrogen and oxygen atoms in total. The number of carboxylic acid groups (broad SMARTS) is 1. The third-order valence-corrected chi connectivity index (χ3v) is 8.64. The second kappa shape index (κ2) is 45.1. The summed E-state index contributed by atoms with van der Waals surface area (Å²) < 4.78 is 16.5. The highest BCUT2D eigenvalue weighted by molar-refractivity contribution is 5.90. The maximum Gasteiger partial charge on any atom is 0.333 e. The van der Waals surface area contributed by atoms with Gasteiger partial charge in [-0.1, -0.05) is 26.3 Å². The minimum Gasteiger partial charge on any atom is -0.478 e. The van der Waals surface area contributed by atoms with E-state index in [4.69, 9.17) is 37.9 Å². The molecule has 18 N–H and O–H groups in total. The topological polar surface area (TPSA) is 546 Å². The van der Waals surface area contributed by atoms with Crippen LogP contribution in [0.15, 0.2) is 136 Å². The Morgan fingerprint density at radius 2 is 0.944 bits per heavy atom. The molecular formula is C54H77N19O16. The van der Waals surface area contributed by atoms with Gasteiger partial charge in [0, 0.05) is 120 Å². The van der Waals surface area contributed by atoms with E-state index >= 15 is 0 Å². The molecule has 0 aromatic carbocycles. The van der Waals surface area contributed by atoms with Crippen molar-refractivity contribution in [2.75, 3.05) is 74.3 Å². The van der Waals surface area contributed by atoms with Crippen molar-refractivity contribution in [3.05, 3.63) is 180 Å². The molecule has 0 fully saturated rings. The lowest BCUT2D eigenvalue weighted by Gasteiger charge is -2.08. The highest BCUT2D eigenvalue weighted by Crippen LogP contribution is 2.01. The molecule has 0 atom stereocenters. The van der Waals surface area contributed by atoms with Crippen LogP contribution in [0.2, 0.25) is 0 Å². The van der Waals surface area contributed by atoms with Crippen LogP contribution in [0, 0.1) is 27.7 Å². The number of esters is 3. The van der Waals surface area contributed by atoms with Crippen molar-refractivity contribution in [3.8, 4) is 0 Å². The van der Waals surface area contributed by atoms with E-state index in [0.717, 1.165) is 0 Å². The van der Waals surface area contributed by atoms with Gasteiger partial charge in [-0.3, -0.25) is 59.2 Å². The van der Waals surface area contributed by atoms with Gasteiger partial charge in [-0.25, -0.2) is 58.5 Å². The Bertz CT molecular complexity index is 3330. The molecule has 6 heterocycles. The van der Waals surface area contributed by atoms with Crippen molar-refractivity contribution in [2.45, 2.75) is 55.4 Å². The van der Waals surface area contributed by atoms with Crippen LogP contribution in [0.3, 0.4) is 0 Å². The van der Waals surface area contributed by atoms with Crippen LogP contribution in [0.1, 0.15) is 50.5 Å². The Kier molecular flexibility index (Phi) is 40.4. The summed E-state index contributed by atoms with van der Waals surface area (Å²) in [4.78, 5) is 149. The summed E-state index contributed by atoms with van der Waals surface area (Å²) in [6.07, 6.45) is 8.64. The molecule has 0 aliphatic rings. The van der Waals surface area contributed by atoms with E-state index in [0.29, 0.717) is 64.9 Å². The smallest absolute Gasteiger partial charge is 0.333 e. The van der Waals surface area contributed by atoms with Crippen LogP contribution in [-0.4, -0.2) is 159 Å². The van der Waals surface area contributed by atoms with Crippen molar-refractivity contribution >= 4 is 65.6 Å². The Morgan fingerprint density at radius 1 is 0.562 bits per heavy atom. The third kappa shape index (κ3) is 40.6. The number of aliphatic hydroxyl groups is 1. The molecule has 0 aliphatic heterocycles. The van der Waals surface area contributed by atoms with Gasteiger partial charge < -0.3 is 57.7 Å². The maximum atomic E-state index is 11.5. The van der Waals surface area contributed by atoms with Crippen LogP contribution in [0.25, 0.3) is 0 Å². The van der Waals surface area contributed by atoms with Crippen molar-refractivity contribution in [1.29, 1.82) is 0 Å². The van der Waals surface area contributed by atoms with Crippen LogP contribution >= 0.6 is 0 Å². The average molecular weight is 1250 g/mol.